The van der Waals surface area contributed by atoms with E-state index in [4.69, 9.17) is 14.2 Å². The lowest BCUT2D eigenvalue weighted by Gasteiger charge is -2.18. The fourth-order valence-electron chi connectivity index (χ4n) is 6.75. The molecular formula is C46H88O6. The summed E-state index contributed by atoms with van der Waals surface area (Å²) in [5.41, 5.74) is 0. The Morgan fingerprint density at radius 3 is 0.942 bits per heavy atom. The average molecular weight is 737 g/mol. The number of ether oxygens (including phenoxy) is 3. The molecule has 6 heteroatoms. The molecule has 0 rings (SSSR count). The van der Waals surface area contributed by atoms with E-state index in [0.29, 0.717) is 19.3 Å². The van der Waals surface area contributed by atoms with E-state index >= 15 is 0 Å². The van der Waals surface area contributed by atoms with Crippen LogP contribution in [0.5, 0.6) is 0 Å². The molecule has 0 aromatic rings. The van der Waals surface area contributed by atoms with Crippen molar-refractivity contribution in [2.45, 2.75) is 253 Å². The Bertz CT molecular complexity index is 794. The maximum absolute atomic E-state index is 12.6. The molecule has 0 fully saturated rings. The van der Waals surface area contributed by atoms with Gasteiger partial charge < -0.3 is 14.2 Å². The first-order chi connectivity index (χ1) is 25.2. The third-order valence-electron chi connectivity index (χ3n) is 10.2. The van der Waals surface area contributed by atoms with E-state index in [1.54, 1.807) is 0 Å². The Morgan fingerprint density at radius 1 is 0.365 bits per heavy atom. The van der Waals surface area contributed by atoms with Crippen LogP contribution < -0.4 is 0 Å². The highest BCUT2D eigenvalue weighted by Crippen LogP contribution is 2.16. The second-order valence-electron chi connectivity index (χ2n) is 16.6. The second-order valence-corrected chi connectivity index (χ2v) is 16.6. The molecule has 0 amide bonds. The molecule has 0 aromatic carbocycles. The van der Waals surface area contributed by atoms with E-state index in [-0.39, 0.29) is 31.1 Å². The standard InChI is InChI=1S/C46H88O6/c1-6-7-8-9-19-26-31-36-44(47)50-39-43(52-46(49)38-33-28-23-18-21-25-30-35-42(4)5)40-51-45(48)37-32-27-22-17-15-13-11-10-12-14-16-20-24-29-34-41(2)3/h41-43H,6-40H2,1-5H3/t43-/m0/s1. The molecule has 0 bridgehead atoms. The minimum atomic E-state index is -0.759. The summed E-state index contributed by atoms with van der Waals surface area (Å²) in [6.07, 6.45) is 36.8. The Hall–Kier alpha value is -1.59. The van der Waals surface area contributed by atoms with Crippen LogP contribution in [0.15, 0.2) is 0 Å². The molecule has 0 aromatic heterocycles. The molecule has 0 saturated heterocycles. The van der Waals surface area contributed by atoms with Crippen LogP contribution in [0.2, 0.25) is 0 Å². The summed E-state index contributed by atoms with van der Waals surface area (Å²) in [6.45, 7) is 11.3. The molecule has 0 aliphatic heterocycles. The number of unbranched alkanes of at least 4 members (excludes halogenated alkanes) is 25. The summed E-state index contributed by atoms with van der Waals surface area (Å²) in [5, 5.41) is 0. The monoisotopic (exact) mass is 737 g/mol. The van der Waals surface area contributed by atoms with Gasteiger partial charge in [0.15, 0.2) is 6.10 Å². The van der Waals surface area contributed by atoms with Crippen molar-refractivity contribution in [2.24, 2.45) is 11.8 Å². The summed E-state index contributed by atoms with van der Waals surface area (Å²) in [4.78, 5) is 37.5. The number of carbonyl (C=O) groups excluding carboxylic acids is 3. The first-order valence-electron chi connectivity index (χ1n) is 22.7. The smallest absolute Gasteiger partial charge is 0.306 e. The molecule has 1 atom stereocenters. The van der Waals surface area contributed by atoms with Gasteiger partial charge in [-0.3, -0.25) is 14.4 Å². The van der Waals surface area contributed by atoms with Crippen molar-refractivity contribution in [3.63, 3.8) is 0 Å². The van der Waals surface area contributed by atoms with E-state index in [1.165, 1.54) is 135 Å². The topological polar surface area (TPSA) is 78.9 Å². The Kier molecular flexibility index (Phi) is 37.9. The summed E-state index contributed by atoms with van der Waals surface area (Å²) < 4.78 is 16.6. The van der Waals surface area contributed by atoms with Crippen molar-refractivity contribution in [3.8, 4) is 0 Å². The van der Waals surface area contributed by atoms with Gasteiger partial charge in [-0.25, -0.2) is 0 Å². The number of hydrogen-bond donors (Lipinski definition) is 0. The van der Waals surface area contributed by atoms with Crippen LogP contribution >= 0.6 is 0 Å². The predicted octanol–water partition coefficient (Wildman–Crippen LogP) is 14.2. The zero-order valence-electron chi connectivity index (χ0n) is 35.4. The fraction of sp³-hybridized carbons (Fsp3) is 0.935. The molecule has 52 heavy (non-hydrogen) atoms. The third-order valence-corrected chi connectivity index (χ3v) is 10.2. The van der Waals surface area contributed by atoms with Crippen molar-refractivity contribution < 1.29 is 28.6 Å². The quantitative estimate of drug-likeness (QED) is 0.0354. The number of rotatable bonds is 40. The van der Waals surface area contributed by atoms with Crippen molar-refractivity contribution in [1.82, 2.24) is 0 Å². The minimum absolute atomic E-state index is 0.0657. The number of carbonyl (C=O) groups is 3. The van der Waals surface area contributed by atoms with Crippen LogP contribution in [0, 0.1) is 11.8 Å². The first kappa shape index (κ1) is 50.4. The van der Waals surface area contributed by atoms with Crippen LogP contribution in [0.4, 0.5) is 0 Å². The average Bonchev–Trinajstić information content (AvgIpc) is 3.11. The summed E-state index contributed by atoms with van der Waals surface area (Å²) in [5.74, 6) is 0.756. The van der Waals surface area contributed by atoms with Crippen LogP contribution in [0.1, 0.15) is 247 Å². The normalized spacial score (nSPS) is 12.1. The molecule has 6 nitrogen and oxygen atoms in total. The van der Waals surface area contributed by atoms with E-state index < -0.39 is 6.10 Å². The van der Waals surface area contributed by atoms with Gasteiger partial charge in [-0.15, -0.1) is 0 Å². The molecule has 0 radical (unpaired) electrons. The van der Waals surface area contributed by atoms with E-state index in [0.717, 1.165) is 69.6 Å². The molecule has 0 N–H and O–H groups in total. The van der Waals surface area contributed by atoms with Gasteiger partial charge in [0.25, 0.3) is 0 Å². The molecule has 0 aliphatic rings. The summed E-state index contributed by atoms with van der Waals surface area (Å²) in [6, 6.07) is 0. The van der Waals surface area contributed by atoms with Gasteiger partial charge >= 0.3 is 17.9 Å². The zero-order chi connectivity index (χ0) is 38.3. The van der Waals surface area contributed by atoms with Crippen LogP contribution in [0.3, 0.4) is 0 Å². The first-order valence-corrected chi connectivity index (χ1v) is 22.7. The second kappa shape index (κ2) is 39.1. The maximum Gasteiger partial charge on any atom is 0.306 e. The van der Waals surface area contributed by atoms with Gasteiger partial charge in [-0.2, -0.15) is 0 Å². The van der Waals surface area contributed by atoms with Crippen molar-refractivity contribution >= 4 is 17.9 Å². The maximum atomic E-state index is 12.6. The summed E-state index contributed by atoms with van der Waals surface area (Å²) in [7, 11) is 0. The lowest BCUT2D eigenvalue weighted by Crippen LogP contribution is -2.30. The van der Waals surface area contributed by atoms with E-state index in [2.05, 4.69) is 34.6 Å². The van der Waals surface area contributed by atoms with Gasteiger partial charge in [-0.05, 0) is 31.1 Å². The van der Waals surface area contributed by atoms with Gasteiger partial charge in [-0.1, -0.05) is 208 Å². The predicted molar refractivity (Wildman–Crippen MR) is 220 cm³/mol. The third kappa shape index (κ3) is 39.6. The Morgan fingerprint density at radius 2 is 0.635 bits per heavy atom. The molecule has 0 spiro atoms. The lowest BCUT2D eigenvalue weighted by atomic mass is 10.0. The van der Waals surface area contributed by atoms with Gasteiger partial charge in [0.2, 0.25) is 0 Å². The molecule has 0 saturated carbocycles. The highest BCUT2D eigenvalue weighted by molar-refractivity contribution is 5.71. The Labute approximate surface area is 323 Å². The molecule has 0 heterocycles. The number of hydrogen-bond acceptors (Lipinski definition) is 6. The van der Waals surface area contributed by atoms with Gasteiger partial charge in [0.1, 0.15) is 13.2 Å². The van der Waals surface area contributed by atoms with Crippen LogP contribution in [0.25, 0.3) is 0 Å². The van der Waals surface area contributed by atoms with Crippen LogP contribution in [-0.4, -0.2) is 37.2 Å². The minimum Gasteiger partial charge on any atom is -0.462 e. The Balaban J connectivity index is 4.21. The SMILES string of the molecule is CCCCCCCCCC(=O)OC[C@@H](COC(=O)CCCCCCCCCCCCCCCCC(C)C)OC(=O)CCCCCCCCCC(C)C. The molecule has 308 valence electrons. The van der Waals surface area contributed by atoms with Crippen LogP contribution in [-0.2, 0) is 28.6 Å². The lowest BCUT2D eigenvalue weighted by molar-refractivity contribution is -0.167. The van der Waals surface area contributed by atoms with E-state index in [9.17, 15) is 14.4 Å². The zero-order valence-corrected chi connectivity index (χ0v) is 35.4. The summed E-state index contributed by atoms with van der Waals surface area (Å²) >= 11 is 0. The van der Waals surface area contributed by atoms with Crippen molar-refractivity contribution in [3.05, 3.63) is 0 Å². The van der Waals surface area contributed by atoms with Crippen molar-refractivity contribution in [2.75, 3.05) is 13.2 Å². The van der Waals surface area contributed by atoms with E-state index in [1.807, 2.05) is 0 Å². The molecule has 0 aliphatic carbocycles. The van der Waals surface area contributed by atoms with Crippen molar-refractivity contribution in [1.29, 1.82) is 0 Å². The highest BCUT2D eigenvalue weighted by atomic mass is 16.6. The fourth-order valence-corrected chi connectivity index (χ4v) is 6.75. The molecule has 0 unspecified atom stereocenters. The molecular weight excluding hydrogens is 649 g/mol. The highest BCUT2D eigenvalue weighted by Gasteiger charge is 2.19. The van der Waals surface area contributed by atoms with Gasteiger partial charge in [0, 0.05) is 19.3 Å². The largest absolute Gasteiger partial charge is 0.462 e. The van der Waals surface area contributed by atoms with Gasteiger partial charge in [0.05, 0.1) is 0 Å². The number of esters is 3.